The van der Waals surface area contributed by atoms with Gasteiger partial charge in [0.15, 0.2) is 6.10 Å². The first-order valence-corrected chi connectivity index (χ1v) is 34.7. The molecule has 0 spiro atoms. The molecule has 0 aliphatic rings. The van der Waals surface area contributed by atoms with Crippen LogP contribution < -0.4 is 0 Å². The third-order valence-corrected chi connectivity index (χ3v) is 14.6. The fourth-order valence-corrected chi connectivity index (χ4v) is 9.48. The van der Waals surface area contributed by atoms with Crippen LogP contribution in [0.1, 0.15) is 316 Å². The molecule has 0 N–H and O–H groups in total. The van der Waals surface area contributed by atoms with E-state index < -0.39 is 6.10 Å². The molecule has 0 saturated heterocycles. The standard InChI is InChI=1S/C77H128O6/c1-4-7-10-13-16-19-22-24-26-28-30-32-34-36-37-38-39-41-42-44-46-48-50-52-55-58-61-64-67-70-76(79)82-73-74(72-81-75(78)69-66-63-60-57-54-21-18-15-12-9-6-3)83-77(80)71-68-65-62-59-56-53-51-49-47-45-43-40-35-33-31-29-27-25-23-20-17-14-11-8-5-2/h7,10,16,19,23-26,29-32,36-37,39,41,44,46,50,52,58,61,74H,4-6,8-9,11-15,17-18,20-22,27-28,33-35,38,40,42-43,45,47-49,51,53-57,59-60,62-73H2,1-3H3/b10-7-,19-16-,25-23-,26-24-,31-29-,32-30-,37-36-,41-39-,46-44-,52-50-,61-58-. The summed E-state index contributed by atoms with van der Waals surface area (Å²) in [6.45, 7) is 6.48. The molecule has 0 aromatic rings. The van der Waals surface area contributed by atoms with Crippen molar-refractivity contribution in [3.05, 3.63) is 134 Å². The molecule has 0 aromatic carbocycles. The number of carbonyl (C=O) groups excluding carboxylic acids is 3. The summed E-state index contributed by atoms with van der Waals surface area (Å²) in [4.78, 5) is 38.3. The Morgan fingerprint density at radius 1 is 0.253 bits per heavy atom. The minimum Gasteiger partial charge on any atom is -0.462 e. The largest absolute Gasteiger partial charge is 0.462 e. The van der Waals surface area contributed by atoms with Gasteiger partial charge in [0.25, 0.3) is 0 Å². The Bertz CT molecular complexity index is 1750. The predicted molar refractivity (Wildman–Crippen MR) is 362 cm³/mol. The zero-order valence-electron chi connectivity index (χ0n) is 54.2. The van der Waals surface area contributed by atoms with Gasteiger partial charge < -0.3 is 14.2 Å². The first-order chi connectivity index (χ1) is 41.0. The third-order valence-electron chi connectivity index (χ3n) is 14.6. The normalized spacial score (nSPS) is 13.0. The summed E-state index contributed by atoms with van der Waals surface area (Å²) >= 11 is 0. The van der Waals surface area contributed by atoms with Gasteiger partial charge in [-0.15, -0.1) is 0 Å². The molecule has 0 saturated carbocycles. The van der Waals surface area contributed by atoms with E-state index >= 15 is 0 Å². The number of rotatable bonds is 62. The third kappa shape index (κ3) is 68.2. The highest BCUT2D eigenvalue weighted by atomic mass is 16.6. The smallest absolute Gasteiger partial charge is 0.306 e. The SMILES string of the molecule is CC/C=C\C/C=C\C/C=C\C/C=C\C/C=C\C/C=C\C/C=C\C/C=C\C/C=C\CCCC(=O)OCC(COC(=O)CCCCCCCCCCCCC)OC(=O)CCCCCCCCCCCCCCC/C=C\C/C=C\CCCCCCC. The van der Waals surface area contributed by atoms with Gasteiger partial charge in [-0.2, -0.15) is 0 Å². The van der Waals surface area contributed by atoms with Gasteiger partial charge in [0, 0.05) is 19.3 Å². The fourth-order valence-electron chi connectivity index (χ4n) is 9.48. The Hall–Kier alpha value is -4.45. The molecular weight excluding hydrogens is 1020 g/mol. The van der Waals surface area contributed by atoms with Crippen LogP contribution >= 0.6 is 0 Å². The van der Waals surface area contributed by atoms with E-state index in [1.165, 1.54) is 161 Å². The molecule has 0 bridgehead atoms. The Labute approximate surface area is 513 Å². The highest BCUT2D eigenvalue weighted by Crippen LogP contribution is 2.16. The van der Waals surface area contributed by atoms with Crippen molar-refractivity contribution in [1.29, 1.82) is 0 Å². The topological polar surface area (TPSA) is 78.9 Å². The van der Waals surface area contributed by atoms with Gasteiger partial charge in [0.1, 0.15) is 13.2 Å². The van der Waals surface area contributed by atoms with Crippen LogP contribution in [0.2, 0.25) is 0 Å². The number of ether oxygens (including phenoxy) is 3. The molecule has 0 radical (unpaired) electrons. The summed E-state index contributed by atoms with van der Waals surface area (Å²) in [7, 11) is 0. The van der Waals surface area contributed by atoms with Crippen molar-refractivity contribution in [2.75, 3.05) is 13.2 Å². The summed E-state index contributed by atoms with van der Waals surface area (Å²) in [6, 6.07) is 0. The molecule has 472 valence electrons. The summed E-state index contributed by atoms with van der Waals surface area (Å²) in [5.41, 5.74) is 0. The molecule has 6 heteroatoms. The molecule has 1 unspecified atom stereocenters. The monoisotopic (exact) mass is 1150 g/mol. The van der Waals surface area contributed by atoms with Crippen molar-refractivity contribution in [2.45, 2.75) is 322 Å². The van der Waals surface area contributed by atoms with Gasteiger partial charge in [0.2, 0.25) is 0 Å². The van der Waals surface area contributed by atoms with Crippen molar-refractivity contribution in [3.8, 4) is 0 Å². The van der Waals surface area contributed by atoms with E-state index in [1.54, 1.807) is 0 Å². The van der Waals surface area contributed by atoms with E-state index in [1.807, 2.05) is 0 Å². The lowest BCUT2D eigenvalue weighted by atomic mass is 10.0. The van der Waals surface area contributed by atoms with Gasteiger partial charge in [-0.3, -0.25) is 14.4 Å². The second-order valence-corrected chi connectivity index (χ2v) is 22.7. The van der Waals surface area contributed by atoms with Crippen LogP contribution in [0, 0.1) is 0 Å². The van der Waals surface area contributed by atoms with Gasteiger partial charge in [-0.25, -0.2) is 0 Å². The van der Waals surface area contributed by atoms with Crippen molar-refractivity contribution >= 4 is 17.9 Å². The predicted octanol–water partition coefficient (Wildman–Crippen LogP) is 24.1. The molecule has 0 heterocycles. The van der Waals surface area contributed by atoms with Crippen molar-refractivity contribution < 1.29 is 28.6 Å². The lowest BCUT2D eigenvalue weighted by molar-refractivity contribution is -0.167. The molecule has 1 atom stereocenters. The minimum atomic E-state index is -0.805. The number of carbonyl (C=O) groups is 3. The molecule has 0 rings (SSSR count). The lowest BCUT2D eigenvalue weighted by Gasteiger charge is -2.18. The van der Waals surface area contributed by atoms with Gasteiger partial charge in [-0.05, 0) is 116 Å². The highest BCUT2D eigenvalue weighted by molar-refractivity contribution is 5.71. The van der Waals surface area contributed by atoms with Crippen LogP contribution in [0.3, 0.4) is 0 Å². The molecule has 6 nitrogen and oxygen atoms in total. The van der Waals surface area contributed by atoms with Crippen molar-refractivity contribution in [1.82, 2.24) is 0 Å². The van der Waals surface area contributed by atoms with Crippen molar-refractivity contribution in [3.63, 3.8) is 0 Å². The Morgan fingerprint density at radius 3 is 0.783 bits per heavy atom. The summed E-state index contributed by atoms with van der Waals surface area (Å²) in [5, 5.41) is 0. The molecule has 0 aromatic heterocycles. The van der Waals surface area contributed by atoms with E-state index in [-0.39, 0.29) is 37.5 Å². The maximum Gasteiger partial charge on any atom is 0.306 e. The zero-order chi connectivity index (χ0) is 59.9. The molecule has 0 amide bonds. The number of unbranched alkanes of at least 4 members (excludes halogenated alkanes) is 29. The molecule has 0 fully saturated rings. The van der Waals surface area contributed by atoms with Gasteiger partial charge >= 0.3 is 17.9 Å². The van der Waals surface area contributed by atoms with Crippen LogP contribution in [0.5, 0.6) is 0 Å². The Kier molecular flexibility index (Phi) is 66.3. The number of hydrogen-bond acceptors (Lipinski definition) is 6. The first-order valence-electron chi connectivity index (χ1n) is 34.7. The van der Waals surface area contributed by atoms with E-state index in [0.717, 1.165) is 109 Å². The molecule has 83 heavy (non-hydrogen) atoms. The van der Waals surface area contributed by atoms with E-state index in [9.17, 15) is 14.4 Å². The average molecular weight is 1150 g/mol. The van der Waals surface area contributed by atoms with Gasteiger partial charge in [0.05, 0.1) is 0 Å². The number of allylic oxidation sites excluding steroid dienone is 22. The second kappa shape index (κ2) is 70.0. The van der Waals surface area contributed by atoms with Crippen LogP contribution in [-0.4, -0.2) is 37.2 Å². The van der Waals surface area contributed by atoms with E-state index in [0.29, 0.717) is 19.3 Å². The summed E-state index contributed by atoms with van der Waals surface area (Å²) < 4.78 is 16.9. The molecular formula is C77H128O6. The van der Waals surface area contributed by atoms with E-state index in [2.05, 4.69) is 154 Å². The quantitative estimate of drug-likeness (QED) is 0.0261. The minimum absolute atomic E-state index is 0.0966. The number of hydrogen-bond donors (Lipinski definition) is 0. The van der Waals surface area contributed by atoms with Crippen LogP contribution in [-0.2, 0) is 28.6 Å². The van der Waals surface area contributed by atoms with Gasteiger partial charge in [-0.1, -0.05) is 315 Å². The highest BCUT2D eigenvalue weighted by Gasteiger charge is 2.19. The Balaban J connectivity index is 4.37. The maximum absolute atomic E-state index is 12.9. The van der Waals surface area contributed by atoms with Crippen molar-refractivity contribution in [2.24, 2.45) is 0 Å². The maximum atomic E-state index is 12.9. The summed E-state index contributed by atoms with van der Waals surface area (Å²) in [5.74, 6) is -0.954. The van der Waals surface area contributed by atoms with Crippen LogP contribution in [0.15, 0.2) is 134 Å². The fraction of sp³-hybridized carbons (Fsp3) is 0.675. The second-order valence-electron chi connectivity index (χ2n) is 22.7. The number of esters is 3. The van der Waals surface area contributed by atoms with E-state index in [4.69, 9.17) is 14.2 Å². The zero-order valence-corrected chi connectivity index (χ0v) is 54.2. The molecule has 0 aliphatic heterocycles. The first kappa shape index (κ1) is 78.5. The lowest BCUT2D eigenvalue weighted by Crippen LogP contribution is -2.30. The average Bonchev–Trinajstić information content (AvgIpc) is 3.48. The van der Waals surface area contributed by atoms with Crippen LogP contribution in [0.4, 0.5) is 0 Å². The molecule has 0 aliphatic carbocycles. The van der Waals surface area contributed by atoms with Crippen LogP contribution in [0.25, 0.3) is 0 Å². The summed E-state index contributed by atoms with van der Waals surface area (Å²) in [6.07, 6.45) is 99.1. The Morgan fingerprint density at radius 2 is 0.482 bits per heavy atom.